The van der Waals surface area contributed by atoms with Crippen molar-refractivity contribution in [2.45, 2.75) is 0 Å². The molecule has 0 heterocycles. The Hall–Kier alpha value is -3.35. The van der Waals surface area contributed by atoms with Gasteiger partial charge in [-0.1, -0.05) is 30.3 Å². The average molecular weight is 255 g/mol. The van der Waals surface area contributed by atoms with Gasteiger partial charge in [-0.2, -0.15) is 15.8 Å². The third-order valence-corrected chi connectivity index (χ3v) is 2.76. The van der Waals surface area contributed by atoms with E-state index in [1.54, 1.807) is 12.1 Å². The fourth-order valence-electron chi connectivity index (χ4n) is 1.83. The zero-order valence-electron chi connectivity index (χ0n) is 10.5. The molecule has 0 aliphatic rings. The van der Waals surface area contributed by atoms with Crippen molar-refractivity contribution < 1.29 is 0 Å². The van der Waals surface area contributed by atoms with Crippen molar-refractivity contribution in [3.63, 3.8) is 0 Å². The van der Waals surface area contributed by atoms with Gasteiger partial charge < -0.3 is 0 Å². The molecular weight excluding hydrogens is 246 g/mol. The first-order valence-electron chi connectivity index (χ1n) is 5.89. The highest BCUT2D eigenvalue weighted by molar-refractivity contribution is 5.70. The Kier molecular flexibility index (Phi) is 3.93. The van der Waals surface area contributed by atoms with Crippen LogP contribution in [0.5, 0.6) is 0 Å². The first kappa shape index (κ1) is 13.1. The Labute approximate surface area is 117 Å². The Morgan fingerprint density at radius 2 is 1.50 bits per heavy atom. The minimum Gasteiger partial charge on any atom is -0.192 e. The van der Waals surface area contributed by atoms with Gasteiger partial charge in [-0.15, -0.1) is 0 Å². The number of allylic oxidation sites excluding steroid dienone is 1. The second-order valence-electron chi connectivity index (χ2n) is 4.10. The largest absolute Gasteiger partial charge is 0.192 e. The number of hydrogen-bond acceptors (Lipinski definition) is 3. The molecule has 0 amide bonds. The molecule has 3 heteroatoms. The molecule has 0 aliphatic heterocycles. The number of nitriles is 3. The fourth-order valence-corrected chi connectivity index (χ4v) is 1.83. The first-order valence-corrected chi connectivity index (χ1v) is 5.89. The molecule has 0 unspecified atom stereocenters. The maximum Gasteiger partial charge on any atom is 0.130 e. The van der Waals surface area contributed by atoms with E-state index in [1.165, 1.54) is 6.08 Å². The Bertz CT molecular complexity index is 780. The van der Waals surface area contributed by atoms with E-state index in [-0.39, 0.29) is 5.57 Å². The van der Waals surface area contributed by atoms with Crippen LogP contribution in [0.2, 0.25) is 0 Å². The zero-order valence-corrected chi connectivity index (χ0v) is 10.5. The highest BCUT2D eigenvalue weighted by atomic mass is 14.3. The standard InChI is InChI=1S/C17H9N3/c18-10-14-4-2-6-17(9-14)16-5-1-3-13(8-16)7-15(11-19)12-20/h1-9H. The van der Waals surface area contributed by atoms with Crippen LogP contribution in [0.15, 0.2) is 54.1 Å². The van der Waals surface area contributed by atoms with Crippen LogP contribution in [0.4, 0.5) is 0 Å². The lowest BCUT2D eigenvalue weighted by Crippen LogP contribution is -1.82. The summed E-state index contributed by atoms with van der Waals surface area (Å²) in [7, 11) is 0. The summed E-state index contributed by atoms with van der Waals surface area (Å²) in [6.07, 6.45) is 1.54. The van der Waals surface area contributed by atoms with E-state index in [2.05, 4.69) is 6.07 Å². The predicted molar refractivity (Wildman–Crippen MR) is 75.8 cm³/mol. The second kappa shape index (κ2) is 6.01. The highest BCUT2D eigenvalue weighted by Gasteiger charge is 2.01. The smallest absolute Gasteiger partial charge is 0.130 e. The predicted octanol–water partition coefficient (Wildman–Crippen LogP) is 3.66. The summed E-state index contributed by atoms with van der Waals surface area (Å²) in [5.41, 5.74) is 3.30. The molecule has 0 aromatic heterocycles. The average Bonchev–Trinajstić information content (AvgIpc) is 2.53. The summed E-state index contributed by atoms with van der Waals surface area (Å²) < 4.78 is 0. The molecule has 92 valence electrons. The lowest BCUT2D eigenvalue weighted by Gasteiger charge is -2.03. The highest BCUT2D eigenvalue weighted by Crippen LogP contribution is 2.22. The van der Waals surface area contributed by atoms with Gasteiger partial charge in [0.05, 0.1) is 11.6 Å². The number of benzene rings is 2. The maximum atomic E-state index is 8.91. The third kappa shape index (κ3) is 2.91. The van der Waals surface area contributed by atoms with Gasteiger partial charge in [0.25, 0.3) is 0 Å². The number of rotatable bonds is 2. The van der Waals surface area contributed by atoms with Crippen LogP contribution < -0.4 is 0 Å². The van der Waals surface area contributed by atoms with Crippen molar-refractivity contribution in [3.05, 3.63) is 65.2 Å². The maximum absolute atomic E-state index is 8.91. The van der Waals surface area contributed by atoms with Gasteiger partial charge in [-0.25, -0.2) is 0 Å². The number of hydrogen-bond donors (Lipinski definition) is 0. The van der Waals surface area contributed by atoms with Gasteiger partial charge in [-0.3, -0.25) is 0 Å². The molecular formula is C17H9N3. The molecule has 0 bridgehead atoms. The third-order valence-electron chi connectivity index (χ3n) is 2.76. The summed E-state index contributed by atoms with van der Waals surface area (Å²) in [5.74, 6) is 0. The van der Waals surface area contributed by atoms with E-state index in [0.29, 0.717) is 5.56 Å². The molecule has 0 saturated heterocycles. The molecule has 20 heavy (non-hydrogen) atoms. The van der Waals surface area contributed by atoms with Gasteiger partial charge in [0.15, 0.2) is 0 Å². The molecule has 0 N–H and O–H groups in total. The first-order chi connectivity index (χ1) is 9.76. The van der Waals surface area contributed by atoms with Gasteiger partial charge in [0, 0.05) is 0 Å². The van der Waals surface area contributed by atoms with E-state index in [4.69, 9.17) is 15.8 Å². The van der Waals surface area contributed by atoms with E-state index in [9.17, 15) is 0 Å². The van der Waals surface area contributed by atoms with Crippen LogP contribution in [-0.4, -0.2) is 0 Å². The van der Waals surface area contributed by atoms with Crippen LogP contribution in [0, 0.1) is 34.0 Å². The van der Waals surface area contributed by atoms with Gasteiger partial charge >= 0.3 is 0 Å². The normalized spacial score (nSPS) is 8.85. The monoisotopic (exact) mass is 255 g/mol. The van der Waals surface area contributed by atoms with Crippen molar-refractivity contribution in [1.82, 2.24) is 0 Å². The number of nitrogens with zero attached hydrogens (tertiary/aromatic N) is 3. The molecule has 2 aromatic carbocycles. The van der Waals surface area contributed by atoms with Crippen LogP contribution in [0.3, 0.4) is 0 Å². The molecule has 0 aliphatic carbocycles. The van der Waals surface area contributed by atoms with Crippen LogP contribution in [-0.2, 0) is 0 Å². The Morgan fingerprint density at radius 1 is 0.850 bits per heavy atom. The Morgan fingerprint density at radius 3 is 2.15 bits per heavy atom. The van der Waals surface area contributed by atoms with Crippen LogP contribution in [0.25, 0.3) is 17.2 Å². The van der Waals surface area contributed by atoms with Gasteiger partial charge in [0.1, 0.15) is 17.7 Å². The van der Waals surface area contributed by atoms with Crippen molar-refractivity contribution in [2.75, 3.05) is 0 Å². The van der Waals surface area contributed by atoms with E-state index in [1.807, 2.05) is 48.5 Å². The minimum absolute atomic E-state index is 0.0629. The summed E-state index contributed by atoms with van der Waals surface area (Å²) in [4.78, 5) is 0. The van der Waals surface area contributed by atoms with Crippen LogP contribution in [0.1, 0.15) is 11.1 Å². The van der Waals surface area contributed by atoms with Gasteiger partial charge in [0.2, 0.25) is 0 Å². The van der Waals surface area contributed by atoms with E-state index in [0.717, 1.165) is 16.7 Å². The molecule has 0 atom stereocenters. The lowest BCUT2D eigenvalue weighted by atomic mass is 10.0. The van der Waals surface area contributed by atoms with E-state index >= 15 is 0 Å². The molecule has 3 nitrogen and oxygen atoms in total. The van der Waals surface area contributed by atoms with Crippen molar-refractivity contribution in [2.24, 2.45) is 0 Å². The topological polar surface area (TPSA) is 71.4 Å². The Balaban J connectivity index is 2.46. The summed E-state index contributed by atoms with van der Waals surface area (Å²) >= 11 is 0. The van der Waals surface area contributed by atoms with Crippen molar-refractivity contribution in [1.29, 1.82) is 15.8 Å². The lowest BCUT2D eigenvalue weighted by molar-refractivity contribution is 1.47. The molecule has 0 radical (unpaired) electrons. The summed E-state index contributed by atoms with van der Waals surface area (Å²) in [6.45, 7) is 0. The molecule has 0 spiro atoms. The van der Waals surface area contributed by atoms with Gasteiger partial charge in [-0.05, 0) is 41.0 Å². The quantitative estimate of drug-likeness (QED) is 0.769. The molecule has 2 aromatic rings. The van der Waals surface area contributed by atoms with E-state index < -0.39 is 0 Å². The minimum atomic E-state index is 0.0629. The summed E-state index contributed by atoms with van der Waals surface area (Å²) in [5, 5.41) is 26.4. The fraction of sp³-hybridized carbons (Fsp3) is 0. The zero-order chi connectivity index (χ0) is 14.4. The van der Waals surface area contributed by atoms with Crippen LogP contribution >= 0.6 is 0 Å². The molecule has 0 saturated carbocycles. The van der Waals surface area contributed by atoms with Crippen molar-refractivity contribution >= 4 is 6.08 Å². The van der Waals surface area contributed by atoms with Crippen molar-refractivity contribution in [3.8, 4) is 29.3 Å². The molecule has 2 rings (SSSR count). The second-order valence-corrected chi connectivity index (χ2v) is 4.10. The summed E-state index contributed by atoms with van der Waals surface area (Å²) in [6, 6.07) is 20.5. The SMILES string of the molecule is N#CC(C#N)=Cc1cccc(-c2cccc(C#N)c2)c1. The molecule has 0 fully saturated rings.